The van der Waals surface area contributed by atoms with Gasteiger partial charge in [-0.15, -0.1) is 0 Å². The molecule has 0 bridgehead atoms. The summed E-state index contributed by atoms with van der Waals surface area (Å²) in [5.41, 5.74) is 2.15. The molecular formula is C10H14OSi. The van der Waals surface area contributed by atoms with E-state index >= 15 is 0 Å². The molecule has 0 unspecified atom stereocenters. The first-order valence-corrected chi connectivity index (χ1v) is 5.75. The monoisotopic (exact) mass is 178 g/mol. The lowest BCUT2D eigenvalue weighted by atomic mass is 10.1. The average molecular weight is 178 g/mol. The summed E-state index contributed by atoms with van der Waals surface area (Å²) >= 11 is 0. The summed E-state index contributed by atoms with van der Waals surface area (Å²) in [7, 11) is 1.25. The van der Waals surface area contributed by atoms with Crippen molar-refractivity contribution >= 4 is 16.0 Å². The van der Waals surface area contributed by atoms with Gasteiger partial charge in [0.05, 0.1) is 0 Å². The molecule has 0 spiro atoms. The van der Waals surface area contributed by atoms with Gasteiger partial charge in [-0.25, -0.2) is 0 Å². The zero-order valence-electron chi connectivity index (χ0n) is 7.63. The van der Waals surface area contributed by atoms with Crippen LogP contribution in [-0.4, -0.2) is 16.0 Å². The van der Waals surface area contributed by atoms with Gasteiger partial charge in [0, 0.05) is 15.8 Å². The van der Waals surface area contributed by atoms with E-state index < -0.39 is 0 Å². The van der Waals surface area contributed by atoms with Gasteiger partial charge in [-0.3, -0.25) is 4.79 Å². The van der Waals surface area contributed by atoms with Crippen LogP contribution in [0.1, 0.15) is 22.8 Å². The standard InChI is InChI=1S/C10H14OSi/c1-8(11)10-4-2-9(3-5-10)6-7-12/h2-5H,6-7H2,1,12H3. The number of hydrogen-bond donors (Lipinski definition) is 0. The van der Waals surface area contributed by atoms with Crippen LogP contribution >= 0.6 is 0 Å². The first-order chi connectivity index (χ1) is 5.74. The van der Waals surface area contributed by atoms with Crippen LogP contribution in [-0.2, 0) is 6.42 Å². The molecule has 0 amide bonds. The Balaban J connectivity index is 2.78. The Morgan fingerprint density at radius 3 is 2.33 bits per heavy atom. The van der Waals surface area contributed by atoms with Crippen molar-refractivity contribution in [1.29, 1.82) is 0 Å². The third-order valence-corrected chi connectivity index (χ3v) is 2.40. The maximum absolute atomic E-state index is 10.9. The lowest BCUT2D eigenvalue weighted by Crippen LogP contribution is -1.92. The molecule has 0 heterocycles. The Labute approximate surface area is 76.2 Å². The van der Waals surface area contributed by atoms with Gasteiger partial charge in [-0.2, -0.15) is 0 Å². The van der Waals surface area contributed by atoms with Crippen molar-refractivity contribution in [2.45, 2.75) is 19.4 Å². The highest BCUT2D eigenvalue weighted by molar-refractivity contribution is 6.08. The van der Waals surface area contributed by atoms with Crippen molar-refractivity contribution in [2.24, 2.45) is 0 Å². The predicted octanol–water partition coefficient (Wildman–Crippen LogP) is 1.22. The lowest BCUT2D eigenvalue weighted by Gasteiger charge is -1.99. The minimum absolute atomic E-state index is 0.146. The number of carbonyl (C=O) groups excluding carboxylic acids is 1. The Hall–Kier alpha value is -0.893. The highest BCUT2D eigenvalue weighted by atomic mass is 28.1. The van der Waals surface area contributed by atoms with E-state index in [-0.39, 0.29) is 5.78 Å². The number of Topliss-reactive ketones (excluding diaryl/α,β-unsaturated/α-hetero) is 1. The molecule has 0 saturated heterocycles. The largest absolute Gasteiger partial charge is 0.295 e. The van der Waals surface area contributed by atoms with E-state index in [1.165, 1.54) is 21.9 Å². The molecule has 0 N–H and O–H groups in total. The van der Waals surface area contributed by atoms with Gasteiger partial charge >= 0.3 is 0 Å². The Morgan fingerprint density at radius 1 is 1.33 bits per heavy atom. The minimum atomic E-state index is 0.146. The van der Waals surface area contributed by atoms with E-state index in [2.05, 4.69) is 12.1 Å². The number of carbonyl (C=O) groups is 1. The maximum Gasteiger partial charge on any atom is 0.159 e. The molecule has 64 valence electrons. The number of hydrogen-bond acceptors (Lipinski definition) is 1. The van der Waals surface area contributed by atoms with E-state index in [9.17, 15) is 4.79 Å². The number of rotatable bonds is 3. The second-order valence-corrected chi connectivity index (χ2v) is 4.00. The minimum Gasteiger partial charge on any atom is -0.295 e. The second-order valence-electron chi connectivity index (χ2n) is 3.00. The van der Waals surface area contributed by atoms with Gasteiger partial charge in [0.15, 0.2) is 5.78 Å². The molecular weight excluding hydrogens is 164 g/mol. The fraction of sp³-hybridized carbons (Fsp3) is 0.300. The third-order valence-electron chi connectivity index (χ3n) is 1.90. The molecule has 1 aromatic rings. The van der Waals surface area contributed by atoms with Crippen LogP contribution < -0.4 is 0 Å². The van der Waals surface area contributed by atoms with Crippen molar-refractivity contribution in [3.63, 3.8) is 0 Å². The SMILES string of the molecule is CC(=O)c1ccc(CC[SiH3])cc1. The van der Waals surface area contributed by atoms with Crippen LogP contribution in [0.25, 0.3) is 0 Å². The first kappa shape index (κ1) is 9.20. The average Bonchev–Trinajstić information content (AvgIpc) is 2.06. The van der Waals surface area contributed by atoms with Crippen LogP contribution in [0.5, 0.6) is 0 Å². The summed E-state index contributed by atoms with van der Waals surface area (Å²) in [5.74, 6) is 0.146. The molecule has 0 aliphatic heterocycles. The van der Waals surface area contributed by atoms with Gasteiger partial charge in [0.2, 0.25) is 0 Å². The third kappa shape index (κ3) is 2.31. The molecule has 2 heteroatoms. The molecule has 0 aliphatic carbocycles. The molecule has 0 aromatic heterocycles. The van der Waals surface area contributed by atoms with Crippen LogP contribution in [0.4, 0.5) is 0 Å². The topological polar surface area (TPSA) is 17.1 Å². The van der Waals surface area contributed by atoms with E-state index in [0.29, 0.717) is 0 Å². The molecule has 0 aliphatic rings. The normalized spacial score (nSPS) is 10.1. The lowest BCUT2D eigenvalue weighted by molar-refractivity contribution is 0.101. The predicted molar refractivity (Wildman–Crippen MR) is 54.9 cm³/mol. The van der Waals surface area contributed by atoms with Crippen LogP contribution in [0.15, 0.2) is 24.3 Å². The molecule has 1 nitrogen and oxygen atoms in total. The summed E-state index contributed by atoms with van der Waals surface area (Å²) in [4.78, 5) is 10.9. The van der Waals surface area contributed by atoms with E-state index in [4.69, 9.17) is 0 Å². The number of aryl methyl sites for hydroxylation is 1. The first-order valence-electron chi connectivity index (χ1n) is 4.34. The van der Waals surface area contributed by atoms with Crippen molar-refractivity contribution in [3.05, 3.63) is 35.4 Å². The summed E-state index contributed by atoms with van der Waals surface area (Å²) in [6.45, 7) is 1.60. The van der Waals surface area contributed by atoms with Crippen molar-refractivity contribution < 1.29 is 4.79 Å². The molecule has 0 atom stereocenters. The number of ketones is 1. The van der Waals surface area contributed by atoms with E-state index in [1.54, 1.807) is 6.92 Å². The smallest absolute Gasteiger partial charge is 0.159 e. The van der Waals surface area contributed by atoms with Crippen molar-refractivity contribution in [3.8, 4) is 0 Å². The van der Waals surface area contributed by atoms with E-state index in [1.807, 2.05) is 12.1 Å². The van der Waals surface area contributed by atoms with Crippen LogP contribution in [0, 0.1) is 0 Å². The Morgan fingerprint density at radius 2 is 1.92 bits per heavy atom. The maximum atomic E-state index is 10.9. The zero-order valence-corrected chi connectivity index (χ0v) is 9.63. The summed E-state index contributed by atoms with van der Waals surface area (Å²) in [6, 6.07) is 9.21. The Bertz CT molecular complexity index is 264. The second kappa shape index (κ2) is 4.21. The fourth-order valence-electron chi connectivity index (χ4n) is 1.19. The van der Waals surface area contributed by atoms with Gasteiger partial charge in [0.1, 0.15) is 0 Å². The summed E-state index contributed by atoms with van der Waals surface area (Å²) < 4.78 is 0. The highest BCUT2D eigenvalue weighted by Crippen LogP contribution is 2.06. The summed E-state index contributed by atoms with van der Waals surface area (Å²) in [6.07, 6.45) is 1.16. The molecule has 0 radical (unpaired) electrons. The molecule has 12 heavy (non-hydrogen) atoms. The van der Waals surface area contributed by atoms with Crippen LogP contribution in [0.3, 0.4) is 0 Å². The fourth-order valence-corrected chi connectivity index (χ4v) is 1.77. The van der Waals surface area contributed by atoms with Crippen molar-refractivity contribution in [2.75, 3.05) is 0 Å². The molecule has 0 saturated carbocycles. The van der Waals surface area contributed by atoms with E-state index in [0.717, 1.165) is 12.0 Å². The van der Waals surface area contributed by atoms with Gasteiger partial charge < -0.3 is 0 Å². The summed E-state index contributed by atoms with van der Waals surface area (Å²) in [5, 5.41) is 0. The van der Waals surface area contributed by atoms with Gasteiger partial charge in [-0.05, 0) is 18.9 Å². The Kier molecular flexibility index (Phi) is 3.23. The highest BCUT2D eigenvalue weighted by Gasteiger charge is 1.97. The molecule has 0 fully saturated rings. The van der Waals surface area contributed by atoms with Gasteiger partial charge in [-0.1, -0.05) is 30.3 Å². The van der Waals surface area contributed by atoms with Crippen molar-refractivity contribution in [1.82, 2.24) is 0 Å². The van der Waals surface area contributed by atoms with Crippen LogP contribution in [0.2, 0.25) is 6.04 Å². The zero-order chi connectivity index (χ0) is 8.97. The molecule has 1 rings (SSSR count). The number of benzene rings is 1. The molecule has 1 aromatic carbocycles. The van der Waals surface area contributed by atoms with Gasteiger partial charge in [0.25, 0.3) is 0 Å². The quantitative estimate of drug-likeness (QED) is 0.502.